The van der Waals surface area contributed by atoms with Gasteiger partial charge in [0, 0.05) is 34.7 Å². The van der Waals surface area contributed by atoms with E-state index in [1.54, 1.807) is 24.3 Å². The van der Waals surface area contributed by atoms with Crippen LogP contribution in [0.15, 0.2) is 33.0 Å². The van der Waals surface area contributed by atoms with Crippen LogP contribution in [-0.4, -0.2) is 41.9 Å². The number of nitrogens with zero attached hydrogens (tertiary/aromatic N) is 3. The number of sulfonamides is 1. The summed E-state index contributed by atoms with van der Waals surface area (Å²) < 4.78 is 33.3. The first kappa shape index (κ1) is 23.1. The summed E-state index contributed by atoms with van der Waals surface area (Å²) >= 11 is 2.94. The summed E-state index contributed by atoms with van der Waals surface area (Å²) in [5, 5.41) is 8.93. The third-order valence-corrected chi connectivity index (χ3v) is 9.56. The summed E-state index contributed by atoms with van der Waals surface area (Å²) in [6, 6.07) is 5.56. The Labute approximate surface area is 195 Å². The number of rotatable bonds is 7. The van der Waals surface area contributed by atoms with Crippen molar-refractivity contribution in [3.05, 3.63) is 39.2 Å². The number of carbonyl (C=O) groups excluding carboxylic acids is 1. The Bertz CT molecular complexity index is 1170. The first-order chi connectivity index (χ1) is 15.3. The number of thiophene rings is 2. The number of aryl methyl sites for hydroxylation is 1. The lowest BCUT2D eigenvalue weighted by Crippen LogP contribution is -2.42. The zero-order chi connectivity index (χ0) is 22.9. The van der Waals surface area contributed by atoms with Crippen LogP contribution in [0, 0.1) is 12.8 Å². The average molecular weight is 495 g/mol. The zero-order valence-corrected chi connectivity index (χ0v) is 20.6. The number of carbonyl (C=O) groups is 1. The predicted molar refractivity (Wildman–Crippen MR) is 124 cm³/mol. The van der Waals surface area contributed by atoms with Crippen LogP contribution in [0.1, 0.15) is 48.3 Å². The van der Waals surface area contributed by atoms with E-state index in [0.29, 0.717) is 53.9 Å². The molecule has 1 fully saturated rings. The quantitative estimate of drug-likeness (QED) is 0.532. The Hall–Kier alpha value is -2.08. The highest BCUT2D eigenvalue weighted by Crippen LogP contribution is 2.35. The summed E-state index contributed by atoms with van der Waals surface area (Å²) in [5.74, 6) is 0.848. The number of piperidine rings is 1. The molecule has 0 spiro atoms. The summed E-state index contributed by atoms with van der Waals surface area (Å²) in [4.78, 5) is 19.6. The molecule has 0 atom stereocenters. The highest BCUT2D eigenvalue weighted by Gasteiger charge is 2.34. The molecule has 4 heterocycles. The molecule has 0 aromatic carbocycles. The van der Waals surface area contributed by atoms with E-state index in [1.807, 2.05) is 31.4 Å². The minimum atomic E-state index is -3.66. The largest absolute Gasteiger partial charge is 0.351 e. The molecular formula is C21H26N4O4S3. The van der Waals surface area contributed by atoms with Gasteiger partial charge in [0.05, 0.1) is 16.3 Å². The maximum atomic E-state index is 13.3. The zero-order valence-electron chi connectivity index (χ0n) is 18.2. The number of amides is 1. The number of hydrogen-bond acceptors (Lipinski definition) is 8. The molecular weight excluding hydrogens is 468 g/mol. The molecule has 8 nitrogen and oxygen atoms in total. The fourth-order valence-electron chi connectivity index (χ4n) is 3.63. The average Bonchev–Trinajstić information content (AvgIpc) is 3.52. The third-order valence-electron chi connectivity index (χ3n) is 5.49. The number of aromatic nitrogens is 2. The van der Waals surface area contributed by atoms with Crippen LogP contribution in [0.3, 0.4) is 0 Å². The molecule has 11 heteroatoms. The van der Waals surface area contributed by atoms with Crippen LogP contribution in [0.2, 0.25) is 0 Å². The van der Waals surface area contributed by atoms with Gasteiger partial charge in [0.25, 0.3) is 0 Å². The molecule has 0 bridgehead atoms. The Kier molecular flexibility index (Phi) is 6.80. The molecule has 0 aliphatic carbocycles. The van der Waals surface area contributed by atoms with E-state index < -0.39 is 10.0 Å². The summed E-state index contributed by atoms with van der Waals surface area (Å²) in [5.41, 5.74) is 0. The van der Waals surface area contributed by atoms with E-state index in [1.165, 1.54) is 15.6 Å². The SMILES string of the molecule is Cc1sc(-c2noc(C(C)C)n2)cc1S(=O)(=O)N1CCC(C(=O)NCc2cccs2)CC1. The lowest BCUT2D eigenvalue weighted by Gasteiger charge is -2.30. The molecule has 1 aliphatic heterocycles. The minimum Gasteiger partial charge on any atom is -0.351 e. The van der Waals surface area contributed by atoms with E-state index in [-0.39, 0.29) is 22.6 Å². The monoisotopic (exact) mass is 494 g/mol. The normalized spacial score (nSPS) is 16.0. The van der Waals surface area contributed by atoms with Crippen molar-refractivity contribution in [1.29, 1.82) is 0 Å². The molecule has 0 saturated carbocycles. The molecule has 3 aromatic rings. The van der Waals surface area contributed by atoms with Crippen LogP contribution in [0.25, 0.3) is 10.7 Å². The standard InChI is InChI=1S/C21H26N4O4S3/c1-13(2)21-23-19(24-29-21)17-11-18(14(3)31-17)32(27,28)25-8-6-15(7-9-25)20(26)22-12-16-5-4-10-30-16/h4-5,10-11,13,15H,6-9,12H2,1-3H3,(H,22,26). The maximum Gasteiger partial charge on any atom is 0.244 e. The molecule has 0 radical (unpaired) electrons. The van der Waals surface area contributed by atoms with Crippen molar-refractivity contribution < 1.29 is 17.7 Å². The lowest BCUT2D eigenvalue weighted by molar-refractivity contribution is -0.126. The van der Waals surface area contributed by atoms with Gasteiger partial charge < -0.3 is 9.84 Å². The summed E-state index contributed by atoms with van der Waals surface area (Å²) in [6.07, 6.45) is 1.02. The Morgan fingerprint density at radius 1 is 1.34 bits per heavy atom. The molecule has 0 unspecified atom stereocenters. The van der Waals surface area contributed by atoms with Gasteiger partial charge >= 0.3 is 0 Å². The molecule has 1 saturated heterocycles. The maximum absolute atomic E-state index is 13.3. The van der Waals surface area contributed by atoms with Crippen LogP contribution in [0.4, 0.5) is 0 Å². The molecule has 1 aliphatic rings. The smallest absolute Gasteiger partial charge is 0.244 e. The molecule has 3 aromatic heterocycles. The van der Waals surface area contributed by atoms with E-state index in [2.05, 4.69) is 15.5 Å². The van der Waals surface area contributed by atoms with Gasteiger partial charge in [-0.1, -0.05) is 25.1 Å². The van der Waals surface area contributed by atoms with E-state index >= 15 is 0 Å². The van der Waals surface area contributed by atoms with Gasteiger partial charge in [-0.25, -0.2) is 8.42 Å². The molecule has 172 valence electrons. The van der Waals surface area contributed by atoms with Crippen molar-refractivity contribution >= 4 is 38.6 Å². The first-order valence-corrected chi connectivity index (χ1v) is 13.6. The van der Waals surface area contributed by atoms with Gasteiger partial charge in [0.1, 0.15) is 0 Å². The van der Waals surface area contributed by atoms with Gasteiger partial charge in [-0.2, -0.15) is 9.29 Å². The van der Waals surface area contributed by atoms with Gasteiger partial charge in [0.15, 0.2) is 0 Å². The number of hydrogen-bond donors (Lipinski definition) is 1. The van der Waals surface area contributed by atoms with Crippen molar-refractivity contribution in [3.63, 3.8) is 0 Å². The van der Waals surface area contributed by atoms with Gasteiger partial charge in [0.2, 0.25) is 27.6 Å². The van der Waals surface area contributed by atoms with Crippen molar-refractivity contribution in [3.8, 4) is 10.7 Å². The van der Waals surface area contributed by atoms with Crippen molar-refractivity contribution in [2.45, 2.75) is 51.0 Å². The first-order valence-electron chi connectivity index (χ1n) is 10.5. The Morgan fingerprint density at radius 2 is 2.09 bits per heavy atom. The topological polar surface area (TPSA) is 105 Å². The van der Waals surface area contributed by atoms with Gasteiger partial charge in [-0.05, 0) is 37.3 Å². The second-order valence-electron chi connectivity index (χ2n) is 8.12. The predicted octanol–water partition coefficient (Wildman–Crippen LogP) is 4.01. The third kappa shape index (κ3) is 4.80. The van der Waals surface area contributed by atoms with Gasteiger partial charge in [-0.3, -0.25) is 4.79 Å². The second-order valence-corrected chi connectivity index (χ2v) is 12.3. The lowest BCUT2D eigenvalue weighted by atomic mass is 9.97. The van der Waals surface area contributed by atoms with E-state index in [0.717, 1.165) is 4.88 Å². The fraction of sp³-hybridized carbons (Fsp3) is 0.476. The molecule has 1 N–H and O–H groups in total. The second kappa shape index (κ2) is 9.42. The summed E-state index contributed by atoms with van der Waals surface area (Å²) in [6.45, 7) is 6.86. The number of nitrogens with one attached hydrogen (secondary N) is 1. The van der Waals surface area contributed by atoms with E-state index in [9.17, 15) is 13.2 Å². The highest BCUT2D eigenvalue weighted by molar-refractivity contribution is 7.89. The molecule has 1 amide bonds. The van der Waals surface area contributed by atoms with Crippen LogP contribution in [-0.2, 0) is 21.4 Å². The Morgan fingerprint density at radius 3 is 2.72 bits per heavy atom. The van der Waals surface area contributed by atoms with Crippen LogP contribution in [0.5, 0.6) is 0 Å². The molecule has 4 rings (SSSR count). The fourth-order valence-corrected chi connectivity index (χ4v) is 7.23. The van der Waals surface area contributed by atoms with Crippen molar-refractivity contribution in [2.75, 3.05) is 13.1 Å². The Balaban J connectivity index is 1.41. The van der Waals surface area contributed by atoms with Crippen molar-refractivity contribution in [1.82, 2.24) is 19.8 Å². The minimum absolute atomic E-state index is 0.0116. The van der Waals surface area contributed by atoms with Crippen molar-refractivity contribution in [2.24, 2.45) is 5.92 Å². The van der Waals surface area contributed by atoms with E-state index in [4.69, 9.17) is 4.52 Å². The molecule has 32 heavy (non-hydrogen) atoms. The van der Waals surface area contributed by atoms with Crippen LogP contribution < -0.4 is 5.32 Å². The summed E-state index contributed by atoms with van der Waals surface area (Å²) in [7, 11) is -3.66. The van der Waals surface area contributed by atoms with Gasteiger partial charge in [-0.15, -0.1) is 22.7 Å². The van der Waals surface area contributed by atoms with Crippen LogP contribution >= 0.6 is 22.7 Å². The highest BCUT2D eigenvalue weighted by atomic mass is 32.2.